The van der Waals surface area contributed by atoms with E-state index < -0.39 is 0 Å². The van der Waals surface area contributed by atoms with Gasteiger partial charge >= 0.3 is 0 Å². The Balaban J connectivity index is 1.70. The van der Waals surface area contributed by atoms with Crippen LogP contribution in [0.2, 0.25) is 0 Å². The molecule has 2 atom stereocenters. The molecule has 1 aromatic carbocycles. The summed E-state index contributed by atoms with van der Waals surface area (Å²) >= 11 is 0. The Labute approximate surface area is 120 Å². The minimum atomic E-state index is 0.170. The zero-order valence-corrected chi connectivity index (χ0v) is 11.9. The van der Waals surface area contributed by atoms with E-state index in [4.69, 9.17) is 15.3 Å². The zero-order valence-electron chi connectivity index (χ0n) is 11.9. The smallest absolute Gasteiger partial charge is 0.0843 e. The summed E-state index contributed by atoms with van der Waals surface area (Å²) in [4.78, 5) is 0. The van der Waals surface area contributed by atoms with E-state index in [0.717, 1.165) is 45.5 Å². The van der Waals surface area contributed by atoms with Gasteiger partial charge in [0.15, 0.2) is 0 Å². The van der Waals surface area contributed by atoms with E-state index in [1.165, 1.54) is 11.1 Å². The fourth-order valence-electron chi connectivity index (χ4n) is 3.42. The fourth-order valence-corrected chi connectivity index (χ4v) is 3.42. The lowest BCUT2D eigenvalue weighted by molar-refractivity contribution is 0.00882. The van der Waals surface area contributed by atoms with Crippen molar-refractivity contribution in [2.75, 3.05) is 19.8 Å². The number of hydrogen-bond acceptors (Lipinski definition) is 4. The molecule has 0 spiro atoms. The first-order valence-electron chi connectivity index (χ1n) is 7.61. The fraction of sp³-hybridized carbons (Fsp3) is 0.625. The van der Waals surface area contributed by atoms with Crippen LogP contribution in [0, 0.1) is 5.92 Å². The van der Waals surface area contributed by atoms with Crippen LogP contribution in [-0.2, 0) is 15.9 Å². The molecule has 2 unspecified atom stereocenters. The largest absolute Gasteiger partial charge is 0.381 e. The molecule has 1 aromatic rings. The maximum absolute atomic E-state index is 6.00. The van der Waals surface area contributed by atoms with Crippen LogP contribution in [0.15, 0.2) is 24.3 Å². The third-order valence-corrected chi connectivity index (χ3v) is 4.61. The first-order chi connectivity index (χ1) is 9.88. The van der Waals surface area contributed by atoms with Gasteiger partial charge in [0, 0.05) is 19.3 Å². The van der Waals surface area contributed by atoms with Crippen molar-refractivity contribution in [1.82, 2.24) is 5.43 Å². The maximum atomic E-state index is 6.00. The van der Waals surface area contributed by atoms with Gasteiger partial charge < -0.3 is 9.47 Å². The number of nitrogens with two attached hydrogens (primary N) is 1. The number of fused-ring (bicyclic) bond motifs is 1. The molecule has 4 nitrogen and oxygen atoms in total. The van der Waals surface area contributed by atoms with E-state index >= 15 is 0 Å². The van der Waals surface area contributed by atoms with Crippen LogP contribution in [-0.4, -0.2) is 25.9 Å². The highest BCUT2D eigenvalue weighted by Crippen LogP contribution is 2.33. The van der Waals surface area contributed by atoms with Crippen molar-refractivity contribution in [3.63, 3.8) is 0 Å². The highest BCUT2D eigenvalue weighted by atomic mass is 16.5. The molecule has 2 aliphatic rings. The molecule has 4 heteroatoms. The minimum absolute atomic E-state index is 0.170. The highest BCUT2D eigenvalue weighted by Gasteiger charge is 2.29. The third-order valence-electron chi connectivity index (χ3n) is 4.61. The number of ether oxygens (including phenoxy) is 2. The van der Waals surface area contributed by atoms with Crippen molar-refractivity contribution < 1.29 is 9.47 Å². The summed E-state index contributed by atoms with van der Waals surface area (Å²) in [7, 11) is 0. The van der Waals surface area contributed by atoms with Crippen LogP contribution >= 0.6 is 0 Å². The zero-order chi connectivity index (χ0) is 13.8. The summed E-state index contributed by atoms with van der Waals surface area (Å²) in [5.41, 5.74) is 5.78. The van der Waals surface area contributed by atoms with Gasteiger partial charge in [0.2, 0.25) is 0 Å². The number of hydrogen-bond donors (Lipinski definition) is 2. The number of hydrazine groups is 1. The first-order valence-corrected chi connectivity index (χ1v) is 7.61. The Bertz CT molecular complexity index is 432. The summed E-state index contributed by atoms with van der Waals surface area (Å²) in [5, 5.41) is 0. The average molecular weight is 276 g/mol. The quantitative estimate of drug-likeness (QED) is 0.652. The minimum Gasteiger partial charge on any atom is -0.381 e. The predicted octanol–water partition coefficient (Wildman–Crippen LogP) is 1.95. The van der Waals surface area contributed by atoms with Gasteiger partial charge in [-0.2, -0.15) is 0 Å². The van der Waals surface area contributed by atoms with E-state index in [0.29, 0.717) is 12.0 Å². The van der Waals surface area contributed by atoms with Crippen LogP contribution in [0.1, 0.15) is 36.5 Å². The highest BCUT2D eigenvalue weighted by molar-refractivity contribution is 5.31. The van der Waals surface area contributed by atoms with Crippen LogP contribution < -0.4 is 11.3 Å². The summed E-state index contributed by atoms with van der Waals surface area (Å²) in [6, 6.07) is 8.91. The van der Waals surface area contributed by atoms with Gasteiger partial charge in [-0.1, -0.05) is 24.3 Å². The van der Waals surface area contributed by atoms with Gasteiger partial charge in [0.1, 0.15) is 0 Å². The summed E-state index contributed by atoms with van der Waals surface area (Å²) in [6.07, 6.45) is 4.30. The second-order valence-corrected chi connectivity index (χ2v) is 5.77. The first kappa shape index (κ1) is 14.0. The van der Waals surface area contributed by atoms with E-state index in [2.05, 4.69) is 29.7 Å². The van der Waals surface area contributed by atoms with E-state index in [1.54, 1.807) is 0 Å². The molecule has 0 aromatic heterocycles. The molecule has 0 bridgehead atoms. The van der Waals surface area contributed by atoms with Crippen molar-refractivity contribution in [2.24, 2.45) is 11.8 Å². The molecule has 2 heterocycles. The van der Waals surface area contributed by atoms with Crippen molar-refractivity contribution in [3.05, 3.63) is 35.4 Å². The Kier molecular flexibility index (Phi) is 4.68. The van der Waals surface area contributed by atoms with Crippen LogP contribution in [0.5, 0.6) is 0 Å². The Morgan fingerprint density at radius 3 is 2.80 bits per heavy atom. The normalized spacial score (nSPS) is 25.1. The molecule has 0 amide bonds. The Morgan fingerprint density at radius 1 is 1.20 bits per heavy atom. The predicted molar refractivity (Wildman–Crippen MR) is 78.1 cm³/mol. The average Bonchev–Trinajstić information content (AvgIpc) is 2.53. The molecular weight excluding hydrogens is 252 g/mol. The standard InChI is InChI=1S/C16H24N2O2/c17-18-15(13-5-8-19-9-6-13)11-16-14-4-2-1-3-12(14)7-10-20-16/h1-4,13,15-16,18H,5-11,17H2. The van der Waals surface area contributed by atoms with Crippen molar-refractivity contribution >= 4 is 0 Å². The SMILES string of the molecule is NNC(CC1OCCc2ccccc21)C1CCOCC1. The van der Waals surface area contributed by atoms with E-state index in [1.807, 2.05) is 0 Å². The van der Waals surface area contributed by atoms with Gasteiger partial charge in [-0.25, -0.2) is 0 Å². The number of rotatable bonds is 4. The molecule has 20 heavy (non-hydrogen) atoms. The van der Waals surface area contributed by atoms with Crippen molar-refractivity contribution in [1.29, 1.82) is 0 Å². The molecule has 2 aliphatic heterocycles. The van der Waals surface area contributed by atoms with Crippen molar-refractivity contribution in [3.8, 4) is 0 Å². The Hall–Kier alpha value is -0.940. The lowest BCUT2D eigenvalue weighted by atomic mass is 9.85. The monoisotopic (exact) mass is 276 g/mol. The van der Waals surface area contributed by atoms with Gasteiger partial charge in [0.25, 0.3) is 0 Å². The maximum Gasteiger partial charge on any atom is 0.0843 e. The van der Waals surface area contributed by atoms with Crippen LogP contribution in [0.3, 0.4) is 0 Å². The van der Waals surface area contributed by atoms with Gasteiger partial charge in [-0.3, -0.25) is 11.3 Å². The van der Waals surface area contributed by atoms with Gasteiger partial charge in [-0.05, 0) is 42.7 Å². The summed E-state index contributed by atoms with van der Waals surface area (Å²) in [5.74, 6) is 6.38. The molecule has 0 saturated carbocycles. The summed E-state index contributed by atoms with van der Waals surface area (Å²) < 4.78 is 11.4. The summed E-state index contributed by atoms with van der Waals surface area (Å²) in [6.45, 7) is 2.52. The van der Waals surface area contributed by atoms with E-state index in [-0.39, 0.29) is 6.10 Å². The molecule has 1 fully saturated rings. The van der Waals surface area contributed by atoms with Crippen LogP contribution in [0.25, 0.3) is 0 Å². The Morgan fingerprint density at radius 2 is 2.00 bits per heavy atom. The molecule has 0 radical (unpaired) electrons. The second kappa shape index (κ2) is 6.68. The molecular formula is C16H24N2O2. The molecule has 0 aliphatic carbocycles. The topological polar surface area (TPSA) is 56.5 Å². The lowest BCUT2D eigenvalue weighted by Crippen LogP contribution is -2.44. The van der Waals surface area contributed by atoms with Crippen LogP contribution in [0.4, 0.5) is 0 Å². The van der Waals surface area contributed by atoms with Crippen molar-refractivity contribution in [2.45, 2.75) is 37.8 Å². The second-order valence-electron chi connectivity index (χ2n) is 5.77. The van der Waals surface area contributed by atoms with Gasteiger partial charge in [-0.15, -0.1) is 0 Å². The van der Waals surface area contributed by atoms with E-state index in [9.17, 15) is 0 Å². The third kappa shape index (κ3) is 3.04. The van der Waals surface area contributed by atoms with Gasteiger partial charge in [0.05, 0.1) is 12.7 Å². The molecule has 3 N–H and O–H groups in total. The molecule has 110 valence electrons. The molecule has 3 rings (SSSR count). The lowest BCUT2D eigenvalue weighted by Gasteiger charge is -2.34. The molecule has 1 saturated heterocycles. The number of benzene rings is 1. The number of nitrogens with one attached hydrogen (secondary N) is 1.